The van der Waals surface area contributed by atoms with E-state index in [9.17, 15) is 18.8 Å². The number of amides is 2. The summed E-state index contributed by atoms with van der Waals surface area (Å²) in [6.07, 6.45) is 2.46. The number of Topliss-reactive ketones (excluding diaryl/α,β-unsaturated/α-hetero) is 1. The minimum Gasteiger partial charge on any atom is -0.380 e. The molecule has 3 fully saturated rings. The van der Waals surface area contributed by atoms with Gasteiger partial charge in [-0.1, -0.05) is 43.2 Å². The van der Waals surface area contributed by atoms with Gasteiger partial charge in [0.1, 0.15) is 11.4 Å². The maximum absolute atomic E-state index is 14.5. The molecule has 0 spiro atoms. The number of likely N-dealkylation sites (tertiary alicyclic amines) is 1. The van der Waals surface area contributed by atoms with Gasteiger partial charge >= 0.3 is 11.7 Å². The van der Waals surface area contributed by atoms with Crippen LogP contribution in [-0.2, 0) is 20.6 Å². The van der Waals surface area contributed by atoms with Gasteiger partial charge in [0.2, 0.25) is 0 Å². The average molecular weight is 522 g/mol. The van der Waals surface area contributed by atoms with Gasteiger partial charge in [-0.05, 0) is 36.1 Å². The Balaban J connectivity index is 1.63. The molecule has 10 heteroatoms. The number of ketones is 1. The fourth-order valence-electron chi connectivity index (χ4n) is 6.72. The van der Waals surface area contributed by atoms with Gasteiger partial charge in [0.05, 0.1) is 36.3 Å². The van der Waals surface area contributed by atoms with Gasteiger partial charge in [0, 0.05) is 25.4 Å². The van der Waals surface area contributed by atoms with Crippen LogP contribution in [0.25, 0.3) is 11.0 Å². The molecule has 3 atom stereocenters. The zero-order valence-electron chi connectivity index (χ0n) is 21.1. The minimum absolute atomic E-state index is 0.126. The summed E-state index contributed by atoms with van der Waals surface area (Å²) >= 11 is 0. The highest BCUT2D eigenvalue weighted by Gasteiger charge is 2.61. The molecule has 9 nitrogen and oxygen atoms in total. The van der Waals surface area contributed by atoms with E-state index in [0.717, 1.165) is 18.4 Å². The number of nitrogens with two attached hydrogens (primary N) is 1. The molecule has 3 heterocycles. The van der Waals surface area contributed by atoms with E-state index in [4.69, 9.17) is 10.5 Å². The van der Waals surface area contributed by atoms with Crippen LogP contribution in [-0.4, -0.2) is 59.1 Å². The van der Waals surface area contributed by atoms with Crippen molar-refractivity contribution in [2.24, 2.45) is 17.6 Å². The van der Waals surface area contributed by atoms with E-state index in [1.807, 2.05) is 30.3 Å². The van der Waals surface area contributed by atoms with Crippen LogP contribution in [0.15, 0.2) is 53.3 Å². The largest absolute Gasteiger partial charge is 0.380 e. The number of aromatic amines is 1. The number of benzene rings is 2. The van der Waals surface area contributed by atoms with Gasteiger partial charge in [0.15, 0.2) is 5.78 Å². The second-order valence-electron chi connectivity index (χ2n) is 10.9. The summed E-state index contributed by atoms with van der Waals surface area (Å²) in [5.74, 6) is -0.778. The molecule has 2 aromatic carbocycles. The van der Waals surface area contributed by atoms with Gasteiger partial charge in [0.25, 0.3) is 0 Å². The van der Waals surface area contributed by atoms with Crippen molar-refractivity contribution in [1.82, 2.24) is 19.8 Å². The van der Waals surface area contributed by atoms with E-state index < -0.39 is 28.6 Å². The molecule has 1 aromatic heterocycles. The number of urea groups is 1. The lowest BCUT2D eigenvalue weighted by Crippen LogP contribution is -2.69. The van der Waals surface area contributed by atoms with Crippen LogP contribution in [0.1, 0.15) is 31.2 Å². The fraction of sp³-hybridized carbons (Fsp3) is 0.464. The highest BCUT2D eigenvalue weighted by Crippen LogP contribution is 2.53. The average Bonchev–Trinajstić information content (AvgIpc) is 3.70. The molecule has 38 heavy (non-hydrogen) atoms. The fourth-order valence-corrected chi connectivity index (χ4v) is 6.72. The number of hydrogen-bond donors (Lipinski definition) is 3. The molecule has 2 unspecified atom stereocenters. The molecular formula is C28H32FN5O4. The number of rotatable bonds is 5. The predicted molar refractivity (Wildman–Crippen MR) is 139 cm³/mol. The number of hydrogen-bond acceptors (Lipinski definition) is 5. The lowest BCUT2D eigenvalue weighted by Gasteiger charge is -2.56. The molecule has 2 aliphatic heterocycles. The molecule has 3 aromatic rings. The summed E-state index contributed by atoms with van der Waals surface area (Å²) in [5, 5.41) is 3.41. The second-order valence-corrected chi connectivity index (χ2v) is 10.9. The maximum Gasteiger partial charge on any atom is 0.327 e. The molecule has 1 aliphatic carbocycles. The lowest BCUT2D eigenvalue weighted by molar-refractivity contribution is -0.143. The first-order valence-electron chi connectivity index (χ1n) is 13.2. The Hall–Kier alpha value is -3.50. The van der Waals surface area contributed by atoms with Crippen molar-refractivity contribution in [3.63, 3.8) is 0 Å². The normalized spacial score (nSPS) is 28.4. The maximum atomic E-state index is 14.5. The predicted octanol–water partition coefficient (Wildman–Crippen LogP) is 2.45. The van der Waals surface area contributed by atoms with E-state index in [0.29, 0.717) is 43.8 Å². The highest BCUT2D eigenvalue weighted by molar-refractivity contribution is 5.94. The number of aromatic nitrogens is 2. The van der Waals surface area contributed by atoms with E-state index in [2.05, 4.69) is 10.3 Å². The molecule has 1 saturated carbocycles. The number of primary amides is 1. The zero-order chi connectivity index (χ0) is 26.5. The van der Waals surface area contributed by atoms with Crippen LogP contribution in [0.4, 0.5) is 9.18 Å². The number of carbonyl (C=O) groups is 2. The molecule has 3 aliphatic rings. The van der Waals surface area contributed by atoms with Crippen molar-refractivity contribution in [1.29, 1.82) is 0 Å². The van der Waals surface area contributed by atoms with Crippen molar-refractivity contribution >= 4 is 22.8 Å². The number of H-pyrrole nitrogens is 1. The van der Waals surface area contributed by atoms with Crippen molar-refractivity contribution in [3.05, 3.63) is 70.4 Å². The van der Waals surface area contributed by atoms with Crippen LogP contribution in [0.5, 0.6) is 0 Å². The standard InChI is InChI=1S/C28H32FN5O4/c29-21-8-9-22-23(12-21)34(26(37)32-22)27(13-18-6-7-18)17-28(19-4-2-1-3-5-19,20-14-31-10-11-38-16-20)33(25(30)36)15-24(27)35/h1-5,8-9,12,18,20,31H,6-7,10-11,13-17H2,(H2,30,36)(H,32,37)/t20?,27?,28-/m1/s1. The van der Waals surface area contributed by atoms with E-state index >= 15 is 0 Å². The Morgan fingerprint density at radius 1 is 1.16 bits per heavy atom. The van der Waals surface area contributed by atoms with Crippen LogP contribution in [0.3, 0.4) is 0 Å². The lowest BCUT2D eigenvalue weighted by atomic mass is 9.63. The first-order valence-corrected chi connectivity index (χ1v) is 13.2. The van der Waals surface area contributed by atoms with Gasteiger partial charge in [-0.25, -0.2) is 14.0 Å². The summed E-state index contributed by atoms with van der Waals surface area (Å²) < 4.78 is 21.9. The Morgan fingerprint density at radius 3 is 2.68 bits per heavy atom. The molecular weight excluding hydrogens is 489 g/mol. The van der Waals surface area contributed by atoms with Crippen molar-refractivity contribution in [3.8, 4) is 0 Å². The van der Waals surface area contributed by atoms with E-state index in [1.165, 1.54) is 27.7 Å². The molecule has 0 radical (unpaired) electrons. The first-order chi connectivity index (χ1) is 18.3. The summed E-state index contributed by atoms with van der Waals surface area (Å²) in [4.78, 5) is 45.2. The first kappa shape index (κ1) is 24.8. The van der Waals surface area contributed by atoms with E-state index in [-0.39, 0.29) is 30.6 Å². The SMILES string of the molecule is NC(=O)N1CC(=O)C(CC2CC2)(n2c(=O)[nH]c3ccc(F)cc32)C[C@@]1(c1ccccc1)C1CNCCOC1. The molecule has 4 N–H and O–H groups in total. The molecule has 6 rings (SSSR count). The number of fused-ring (bicyclic) bond motifs is 1. The Kier molecular flexibility index (Phi) is 6.11. The van der Waals surface area contributed by atoms with Crippen LogP contribution < -0.4 is 16.7 Å². The highest BCUT2D eigenvalue weighted by atomic mass is 19.1. The van der Waals surface area contributed by atoms with Crippen LogP contribution in [0.2, 0.25) is 0 Å². The van der Waals surface area contributed by atoms with Gasteiger partial charge < -0.3 is 25.7 Å². The van der Waals surface area contributed by atoms with Gasteiger partial charge in [-0.15, -0.1) is 0 Å². The quantitative estimate of drug-likeness (QED) is 0.476. The molecule has 2 saturated heterocycles. The third-order valence-corrected chi connectivity index (χ3v) is 8.61. The van der Waals surface area contributed by atoms with Crippen LogP contribution >= 0.6 is 0 Å². The third-order valence-electron chi connectivity index (χ3n) is 8.61. The monoisotopic (exact) mass is 521 g/mol. The number of imidazole rings is 1. The van der Waals surface area contributed by atoms with Crippen LogP contribution in [0, 0.1) is 17.7 Å². The molecule has 2 amide bonds. The molecule has 200 valence electrons. The Bertz CT molecular complexity index is 1430. The number of halogens is 1. The summed E-state index contributed by atoms with van der Waals surface area (Å²) in [7, 11) is 0. The number of nitrogens with zero attached hydrogens (tertiary/aromatic N) is 2. The van der Waals surface area contributed by atoms with Crippen molar-refractivity contribution in [2.45, 2.75) is 36.8 Å². The van der Waals surface area contributed by atoms with E-state index in [1.54, 1.807) is 0 Å². The van der Waals surface area contributed by atoms with Gasteiger partial charge in [-0.3, -0.25) is 9.36 Å². The Labute approximate surface area is 219 Å². The minimum atomic E-state index is -1.31. The van der Waals surface area contributed by atoms with Crippen molar-refractivity contribution < 1.29 is 18.7 Å². The van der Waals surface area contributed by atoms with Gasteiger partial charge in [-0.2, -0.15) is 0 Å². The topological polar surface area (TPSA) is 122 Å². The summed E-state index contributed by atoms with van der Waals surface area (Å²) in [6.45, 7) is 1.79. The number of ether oxygens (including phenoxy) is 1. The van der Waals surface area contributed by atoms with Crippen molar-refractivity contribution in [2.75, 3.05) is 32.8 Å². The number of piperidine rings is 1. The summed E-state index contributed by atoms with van der Waals surface area (Å²) in [5.41, 5.74) is 4.79. The number of nitrogens with one attached hydrogen (secondary N) is 2. The molecule has 0 bridgehead atoms. The Morgan fingerprint density at radius 2 is 1.95 bits per heavy atom. The third kappa shape index (κ3) is 3.94. The summed E-state index contributed by atoms with van der Waals surface area (Å²) in [6, 6.07) is 13.0. The smallest absolute Gasteiger partial charge is 0.327 e. The number of carbonyl (C=O) groups excluding carboxylic acids is 2. The zero-order valence-corrected chi connectivity index (χ0v) is 21.1. The second kappa shape index (κ2) is 9.36.